The maximum atomic E-state index is 9.78. The molecule has 0 radical (unpaired) electrons. The van der Waals surface area contributed by atoms with E-state index in [0.717, 1.165) is 41.3 Å². The van der Waals surface area contributed by atoms with Gasteiger partial charge in [-0.15, -0.1) is 0 Å². The number of benzene rings is 1. The van der Waals surface area contributed by atoms with Gasteiger partial charge in [0, 0.05) is 29.4 Å². The number of pyridine rings is 1. The van der Waals surface area contributed by atoms with Crippen LogP contribution in [-0.2, 0) is 0 Å². The summed E-state index contributed by atoms with van der Waals surface area (Å²) in [6.45, 7) is 4.05. The number of aliphatic hydroxyl groups is 1. The van der Waals surface area contributed by atoms with Crippen LogP contribution in [0.3, 0.4) is 0 Å². The second-order valence-corrected chi connectivity index (χ2v) is 6.53. The van der Waals surface area contributed by atoms with E-state index in [1.807, 2.05) is 18.2 Å². The fourth-order valence-corrected chi connectivity index (χ4v) is 3.74. The second kappa shape index (κ2) is 4.34. The van der Waals surface area contributed by atoms with E-state index in [0.29, 0.717) is 11.8 Å². The van der Waals surface area contributed by atoms with Crippen molar-refractivity contribution in [1.29, 1.82) is 0 Å². The van der Waals surface area contributed by atoms with E-state index in [4.69, 9.17) is 16.6 Å². The lowest BCUT2D eigenvalue weighted by molar-refractivity contribution is -0.00398. The molecule has 4 heteroatoms. The molecule has 2 fully saturated rings. The van der Waals surface area contributed by atoms with Crippen LogP contribution in [0.4, 0.5) is 5.82 Å². The summed E-state index contributed by atoms with van der Waals surface area (Å²) < 4.78 is 0. The van der Waals surface area contributed by atoms with Gasteiger partial charge in [-0.2, -0.15) is 0 Å². The SMILES string of the molecule is Cc1cc(N2C[C@H]3C[C@H](O)[C@H]3C2)nc2cc(Cl)ccc12. The van der Waals surface area contributed by atoms with Crippen molar-refractivity contribution in [2.24, 2.45) is 11.8 Å². The number of halogens is 1. The van der Waals surface area contributed by atoms with Gasteiger partial charge in [0.25, 0.3) is 0 Å². The summed E-state index contributed by atoms with van der Waals surface area (Å²) in [5.41, 5.74) is 2.17. The van der Waals surface area contributed by atoms with Gasteiger partial charge in [-0.3, -0.25) is 0 Å². The molecule has 3 atom stereocenters. The normalized spacial score (nSPS) is 28.6. The topological polar surface area (TPSA) is 36.4 Å². The van der Waals surface area contributed by atoms with E-state index in [2.05, 4.69) is 17.9 Å². The molecule has 0 spiro atoms. The Morgan fingerprint density at radius 3 is 2.90 bits per heavy atom. The van der Waals surface area contributed by atoms with Crippen LogP contribution >= 0.6 is 11.6 Å². The van der Waals surface area contributed by atoms with E-state index in [-0.39, 0.29) is 6.10 Å². The summed E-state index contributed by atoms with van der Waals surface area (Å²) in [6, 6.07) is 8.01. The van der Waals surface area contributed by atoms with E-state index in [1.54, 1.807) is 0 Å². The Morgan fingerprint density at radius 2 is 2.15 bits per heavy atom. The van der Waals surface area contributed by atoms with Crippen LogP contribution in [0.1, 0.15) is 12.0 Å². The van der Waals surface area contributed by atoms with E-state index in [1.165, 1.54) is 5.56 Å². The van der Waals surface area contributed by atoms with Crippen LogP contribution in [0.5, 0.6) is 0 Å². The largest absolute Gasteiger partial charge is 0.393 e. The molecule has 3 nitrogen and oxygen atoms in total. The number of rotatable bonds is 1. The summed E-state index contributed by atoms with van der Waals surface area (Å²) in [7, 11) is 0. The molecule has 20 heavy (non-hydrogen) atoms. The van der Waals surface area contributed by atoms with Crippen molar-refractivity contribution in [1.82, 2.24) is 4.98 Å². The van der Waals surface area contributed by atoms with Crippen LogP contribution in [-0.4, -0.2) is 29.3 Å². The lowest BCUT2D eigenvalue weighted by atomic mass is 9.74. The molecule has 1 aromatic heterocycles. The van der Waals surface area contributed by atoms with Crippen molar-refractivity contribution in [2.45, 2.75) is 19.4 Å². The average molecular weight is 289 g/mol. The molecule has 1 aliphatic carbocycles. The van der Waals surface area contributed by atoms with Crippen LogP contribution in [0.2, 0.25) is 5.02 Å². The van der Waals surface area contributed by atoms with Gasteiger partial charge in [0.15, 0.2) is 0 Å². The van der Waals surface area contributed by atoms with Crippen LogP contribution < -0.4 is 4.90 Å². The first kappa shape index (κ1) is 12.4. The smallest absolute Gasteiger partial charge is 0.129 e. The summed E-state index contributed by atoms with van der Waals surface area (Å²) in [6.07, 6.45) is 0.834. The Bertz CT molecular complexity index is 687. The molecular weight excluding hydrogens is 272 g/mol. The molecule has 104 valence electrons. The third kappa shape index (κ3) is 1.80. The van der Waals surface area contributed by atoms with Gasteiger partial charge in [-0.1, -0.05) is 17.7 Å². The monoisotopic (exact) mass is 288 g/mol. The average Bonchev–Trinajstić information content (AvgIpc) is 2.75. The Kier molecular flexibility index (Phi) is 2.69. The summed E-state index contributed by atoms with van der Waals surface area (Å²) in [4.78, 5) is 7.06. The van der Waals surface area contributed by atoms with Gasteiger partial charge in [0.2, 0.25) is 0 Å². The van der Waals surface area contributed by atoms with Gasteiger partial charge >= 0.3 is 0 Å². The fraction of sp³-hybridized carbons (Fsp3) is 0.438. The molecule has 4 rings (SSSR count). The van der Waals surface area contributed by atoms with Gasteiger partial charge in [0.1, 0.15) is 5.82 Å². The predicted octanol–water partition coefficient (Wildman–Crippen LogP) is 3.01. The van der Waals surface area contributed by atoms with E-state index in [9.17, 15) is 5.11 Å². The first-order valence-electron chi connectivity index (χ1n) is 7.12. The molecule has 1 aromatic carbocycles. The second-order valence-electron chi connectivity index (χ2n) is 6.09. The number of hydrogen-bond acceptors (Lipinski definition) is 3. The van der Waals surface area contributed by atoms with Crippen LogP contribution in [0, 0.1) is 18.8 Å². The lowest BCUT2D eigenvalue weighted by Crippen LogP contribution is -2.39. The third-order valence-corrected chi connectivity index (χ3v) is 5.05. The molecule has 0 bridgehead atoms. The zero-order valence-corrected chi connectivity index (χ0v) is 12.1. The number of anilines is 1. The Balaban J connectivity index is 1.73. The summed E-state index contributed by atoms with van der Waals surface area (Å²) in [5, 5.41) is 11.7. The molecular formula is C16H17ClN2O. The fourth-order valence-electron chi connectivity index (χ4n) is 3.58. The highest BCUT2D eigenvalue weighted by Crippen LogP contribution is 2.42. The number of hydrogen-bond donors (Lipinski definition) is 1. The molecule has 2 aliphatic rings. The van der Waals surface area contributed by atoms with E-state index >= 15 is 0 Å². The van der Waals surface area contributed by atoms with Crippen LogP contribution in [0.15, 0.2) is 24.3 Å². The standard InChI is InChI=1S/C16H17ClN2O/c1-9-4-16(18-14-6-11(17)2-3-12(9)14)19-7-10-5-15(20)13(10)8-19/h2-4,6,10,13,15,20H,5,7-8H2,1H3/t10-,13+,15+/m1/s1. The third-order valence-electron chi connectivity index (χ3n) is 4.82. The zero-order valence-electron chi connectivity index (χ0n) is 11.4. The molecule has 0 unspecified atom stereocenters. The Labute approximate surface area is 123 Å². The highest BCUT2D eigenvalue weighted by Gasteiger charge is 2.46. The molecule has 0 amide bonds. The van der Waals surface area contributed by atoms with E-state index < -0.39 is 0 Å². The highest BCUT2D eigenvalue weighted by molar-refractivity contribution is 6.31. The predicted molar refractivity (Wildman–Crippen MR) is 81.3 cm³/mol. The highest BCUT2D eigenvalue weighted by atomic mass is 35.5. The number of aliphatic hydroxyl groups excluding tert-OH is 1. The molecule has 2 aromatic rings. The molecule has 1 saturated heterocycles. The molecule has 2 heterocycles. The van der Waals surface area contributed by atoms with Gasteiger partial charge in [-0.05, 0) is 43.0 Å². The van der Waals surface area contributed by atoms with Crippen molar-refractivity contribution < 1.29 is 5.11 Å². The minimum absolute atomic E-state index is 0.110. The Hall–Kier alpha value is -1.32. The summed E-state index contributed by atoms with van der Waals surface area (Å²) >= 11 is 6.07. The van der Waals surface area contributed by atoms with Crippen LogP contribution in [0.25, 0.3) is 10.9 Å². The quantitative estimate of drug-likeness (QED) is 0.876. The van der Waals surface area contributed by atoms with Gasteiger partial charge in [-0.25, -0.2) is 4.98 Å². The van der Waals surface area contributed by atoms with Crippen molar-refractivity contribution in [2.75, 3.05) is 18.0 Å². The minimum Gasteiger partial charge on any atom is -0.393 e. The van der Waals surface area contributed by atoms with Crippen molar-refractivity contribution in [3.8, 4) is 0 Å². The first-order valence-corrected chi connectivity index (χ1v) is 7.49. The number of aryl methyl sites for hydroxylation is 1. The van der Waals surface area contributed by atoms with Crippen molar-refractivity contribution in [3.63, 3.8) is 0 Å². The van der Waals surface area contributed by atoms with Gasteiger partial charge < -0.3 is 10.0 Å². The molecule has 1 saturated carbocycles. The van der Waals surface area contributed by atoms with Crippen molar-refractivity contribution in [3.05, 3.63) is 34.9 Å². The zero-order chi connectivity index (χ0) is 13.9. The first-order chi connectivity index (χ1) is 9.61. The molecule has 1 N–H and O–H groups in total. The van der Waals surface area contributed by atoms with Crippen molar-refractivity contribution >= 4 is 28.3 Å². The van der Waals surface area contributed by atoms with Gasteiger partial charge in [0.05, 0.1) is 11.6 Å². The number of aromatic nitrogens is 1. The minimum atomic E-state index is -0.110. The molecule has 1 aliphatic heterocycles. The lowest BCUT2D eigenvalue weighted by Gasteiger charge is -2.34. The number of fused-ring (bicyclic) bond motifs is 2. The maximum absolute atomic E-state index is 9.78. The Morgan fingerprint density at radius 1 is 1.30 bits per heavy atom. The number of nitrogens with zero attached hydrogens (tertiary/aromatic N) is 2. The summed E-state index contributed by atoms with van der Waals surface area (Å²) in [5.74, 6) is 2.09. The maximum Gasteiger partial charge on any atom is 0.129 e.